The van der Waals surface area contributed by atoms with Gasteiger partial charge in [-0.05, 0) is 24.6 Å². The molecule has 0 aliphatic heterocycles. The minimum absolute atomic E-state index is 0.0628. The number of anilines is 1. The summed E-state index contributed by atoms with van der Waals surface area (Å²) in [5.41, 5.74) is 1.47. The Labute approximate surface area is 121 Å². The standard InChI is InChI=1S/C14H14N2O5/c1-3-13(18)20-7-8-21-14(19)16-12-6-4-5-11(10(12)2)15-9-17/h3-6H,1,7-8H2,2H3,(H,16,19). The normalized spacial score (nSPS) is 9.19. The van der Waals surface area contributed by atoms with E-state index in [1.54, 1.807) is 25.1 Å². The molecule has 0 aliphatic carbocycles. The van der Waals surface area contributed by atoms with Crippen molar-refractivity contribution in [3.8, 4) is 0 Å². The molecule has 1 rings (SSSR count). The molecule has 0 aromatic heterocycles. The number of ether oxygens (including phenoxy) is 2. The molecule has 7 nitrogen and oxygen atoms in total. The Kier molecular flexibility index (Phi) is 6.37. The summed E-state index contributed by atoms with van der Waals surface area (Å²) in [6.45, 7) is 4.78. The Morgan fingerprint density at radius 3 is 2.76 bits per heavy atom. The third kappa shape index (κ3) is 5.30. The van der Waals surface area contributed by atoms with Crippen LogP contribution in [0, 0.1) is 6.92 Å². The summed E-state index contributed by atoms with van der Waals surface area (Å²) < 4.78 is 9.47. The maximum atomic E-state index is 11.5. The molecule has 1 aromatic carbocycles. The first-order valence-electron chi connectivity index (χ1n) is 5.99. The molecule has 0 heterocycles. The predicted molar refractivity (Wildman–Crippen MR) is 75.1 cm³/mol. The maximum Gasteiger partial charge on any atom is 0.411 e. The summed E-state index contributed by atoms with van der Waals surface area (Å²) in [7, 11) is 0. The molecule has 0 fully saturated rings. The van der Waals surface area contributed by atoms with Crippen LogP contribution in [-0.2, 0) is 19.1 Å². The lowest BCUT2D eigenvalue weighted by Gasteiger charge is -2.10. The molecule has 0 unspecified atom stereocenters. The van der Waals surface area contributed by atoms with Gasteiger partial charge in [-0.2, -0.15) is 4.99 Å². The average Bonchev–Trinajstić information content (AvgIpc) is 2.47. The highest BCUT2D eigenvalue weighted by atomic mass is 16.6. The van der Waals surface area contributed by atoms with Crippen molar-refractivity contribution in [2.45, 2.75) is 6.92 Å². The van der Waals surface area contributed by atoms with Crippen LogP contribution in [0.2, 0.25) is 0 Å². The summed E-state index contributed by atoms with van der Waals surface area (Å²) in [5, 5.41) is 2.50. The lowest BCUT2D eigenvalue weighted by atomic mass is 10.1. The number of aliphatic imine (C=N–C) groups is 1. The molecule has 0 bridgehead atoms. The number of carbonyl (C=O) groups excluding carboxylic acids is 3. The Morgan fingerprint density at radius 1 is 1.38 bits per heavy atom. The number of carbonyl (C=O) groups is 2. The zero-order valence-corrected chi connectivity index (χ0v) is 11.4. The largest absolute Gasteiger partial charge is 0.459 e. The lowest BCUT2D eigenvalue weighted by Crippen LogP contribution is -2.18. The van der Waals surface area contributed by atoms with E-state index >= 15 is 0 Å². The number of rotatable bonds is 6. The highest BCUT2D eigenvalue weighted by Crippen LogP contribution is 2.25. The Morgan fingerprint density at radius 2 is 2.10 bits per heavy atom. The van der Waals surface area contributed by atoms with Gasteiger partial charge >= 0.3 is 12.1 Å². The molecule has 1 amide bonds. The smallest absolute Gasteiger partial charge is 0.411 e. The second-order valence-corrected chi connectivity index (χ2v) is 3.79. The molecule has 0 spiro atoms. The van der Waals surface area contributed by atoms with Crippen molar-refractivity contribution < 1.29 is 23.9 Å². The quantitative estimate of drug-likeness (QED) is 0.285. The molecule has 0 saturated heterocycles. The van der Waals surface area contributed by atoms with Crippen LogP contribution >= 0.6 is 0 Å². The molecule has 21 heavy (non-hydrogen) atoms. The Balaban J connectivity index is 2.51. The van der Waals surface area contributed by atoms with Crippen LogP contribution in [0.5, 0.6) is 0 Å². The molecule has 110 valence electrons. The fourth-order valence-corrected chi connectivity index (χ4v) is 1.41. The van der Waals surface area contributed by atoms with Gasteiger partial charge in [0, 0.05) is 11.8 Å². The number of isocyanates is 1. The van der Waals surface area contributed by atoms with Crippen LogP contribution in [0.25, 0.3) is 0 Å². The minimum atomic E-state index is -0.708. The lowest BCUT2D eigenvalue weighted by molar-refractivity contribution is -0.138. The van der Waals surface area contributed by atoms with Crippen LogP contribution in [0.15, 0.2) is 35.8 Å². The van der Waals surface area contributed by atoms with Crippen LogP contribution in [-0.4, -0.2) is 31.4 Å². The van der Waals surface area contributed by atoms with E-state index in [2.05, 4.69) is 21.6 Å². The monoisotopic (exact) mass is 290 g/mol. The number of esters is 1. The second-order valence-electron chi connectivity index (χ2n) is 3.79. The van der Waals surface area contributed by atoms with Gasteiger partial charge in [-0.1, -0.05) is 12.6 Å². The Hall–Kier alpha value is -2.92. The van der Waals surface area contributed by atoms with E-state index in [1.165, 1.54) is 6.08 Å². The molecule has 0 radical (unpaired) electrons. The van der Waals surface area contributed by atoms with E-state index in [4.69, 9.17) is 4.74 Å². The number of amides is 1. The van der Waals surface area contributed by atoms with E-state index in [0.717, 1.165) is 6.08 Å². The zero-order valence-electron chi connectivity index (χ0n) is 11.4. The van der Waals surface area contributed by atoms with Crippen LogP contribution in [0.1, 0.15) is 5.56 Å². The van der Waals surface area contributed by atoms with E-state index in [1.807, 2.05) is 0 Å². The van der Waals surface area contributed by atoms with Crippen LogP contribution in [0.4, 0.5) is 16.2 Å². The van der Waals surface area contributed by atoms with Gasteiger partial charge in [0.05, 0.1) is 5.69 Å². The molecule has 1 N–H and O–H groups in total. The minimum Gasteiger partial charge on any atom is -0.459 e. The summed E-state index contributed by atoms with van der Waals surface area (Å²) in [5.74, 6) is -0.589. The van der Waals surface area contributed by atoms with Crippen molar-refractivity contribution in [1.82, 2.24) is 0 Å². The van der Waals surface area contributed by atoms with Crippen LogP contribution in [0.3, 0.4) is 0 Å². The summed E-state index contributed by atoms with van der Waals surface area (Å²) in [6, 6.07) is 4.88. The van der Waals surface area contributed by atoms with Crippen molar-refractivity contribution in [2.75, 3.05) is 18.5 Å². The molecule has 0 atom stereocenters. The van der Waals surface area contributed by atoms with Gasteiger partial charge in [-0.15, -0.1) is 0 Å². The first-order valence-corrected chi connectivity index (χ1v) is 5.99. The molecular weight excluding hydrogens is 276 g/mol. The van der Waals surface area contributed by atoms with E-state index < -0.39 is 12.1 Å². The fraction of sp³-hybridized carbons (Fsp3) is 0.214. The SMILES string of the molecule is C=CC(=O)OCCOC(=O)Nc1cccc(N=C=O)c1C. The molecule has 0 aliphatic rings. The second kappa shape index (κ2) is 8.29. The van der Waals surface area contributed by atoms with E-state index in [9.17, 15) is 14.4 Å². The number of hydrogen-bond acceptors (Lipinski definition) is 6. The van der Waals surface area contributed by atoms with Gasteiger partial charge in [-0.3, -0.25) is 5.32 Å². The van der Waals surface area contributed by atoms with Crippen molar-refractivity contribution in [2.24, 2.45) is 4.99 Å². The highest BCUT2D eigenvalue weighted by molar-refractivity contribution is 5.87. The van der Waals surface area contributed by atoms with Gasteiger partial charge in [0.1, 0.15) is 13.2 Å². The Bertz CT molecular complexity index is 591. The number of benzene rings is 1. The van der Waals surface area contributed by atoms with Gasteiger partial charge in [-0.25, -0.2) is 14.4 Å². The number of nitrogens with zero attached hydrogens (tertiary/aromatic N) is 1. The van der Waals surface area contributed by atoms with Gasteiger partial charge in [0.15, 0.2) is 0 Å². The molecular formula is C14H14N2O5. The summed E-state index contributed by atoms with van der Waals surface area (Å²) in [4.78, 5) is 36.1. The zero-order chi connectivity index (χ0) is 15.7. The molecule has 0 saturated carbocycles. The average molecular weight is 290 g/mol. The molecule has 7 heteroatoms. The number of hydrogen-bond donors (Lipinski definition) is 1. The third-order valence-corrected chi connectivity index (χ3v) is 2.44. The van der Waals surface area contributed by atoms with E-state index in [0.29, 0.717) is 16.9 Å². The fourth-order valence-electron chi connectivity index (χ4n) is 1.41. The van der Waals surface area contributed by atoms with Crippen LogP contribution < -0.4 is 5.32 Å². The van der Waals surface area contributed by atoms with Crippen molar-refractivity contribution in [3.05, 3.63) is 36.4 Å². The van der Waals surface area contributed by atoms with Gasteiger partial charge in [0.25, 0.3) is 0 Å². The first kappa shape index (κ1) is 16.1. The molecule has 1 aromatic rings. The predicted octanol–water partition coefficient (Wildman–Crippen LogP) is 2.24. The van der Waals surface area contributed by atoms with Crippen molar-refractivity contribution >= 4 is 29.5 Å². The highest BCUT2D eigenvalue weighted by Gasteiger charge is 2.08. The van der Waals surface area contributed by atoms with Crippen molar-refractivity contribution in [1.29, 1.82) is 0 Å². The van der Waals surface area contributed by atoms with E-state index in [-0.39, 0.29) is 13.2 Å². The van der Waals surface area contributed by atoms with Gasteiger partial charge < -0.3 is 9.47 Å². The summed E-state index contributed by atoms with van der Waals surface area (Å²) >= 11 is 0. The topological polar surface area (TPSA) is 94.1 Å². The van der Waals surface area contributed by atoms with Crippen molar-refractivity contribution in [3.63, 3.8) is 0 Å². The first-order chi connectivity index (χ1) is 10.1. The maximum absolute atomic E-state index is 11.5. The summed E-state index contributed by atoms with van der Waals surface area (Å²) in [6.07, 6.45) is 1.75. The third-order valence-electron chi connectivity index (χ3n) is 2.44. The number of nitrogens with one attached hydrogen (secondary N) is 1. The van der Waals surface area contributed by atoms with Gasteiger partial charge in [0.2, 0.25) is 6.08 Å².